The second-order valence-electron chi connectivity index (χ2n) is 6.22. The Bertz CT molecular complexity index is 741. The number of hydrogen-bond donors (Lipinski definition) is 1. The average Bonchev–Trinajstić information content (AvgIpc) is 2.87. The highest BCUT2D eigenvalue weighted by Gasteiger charge is 2.29. The van der Waals surface area contributed by atoms with E-state index in [9.17, 15) is 4.79 Å². The molecule has 0 heterocycles. The van der Waals surface area contributed by atoms with Crippen LogP contribution in [0.25, 0.3) is 11.1 Å². The monoisotopic (exact) mass is 305 g/mol. The molecule has 0 fully saturated rings. The Balaban J connectivity index is 1.79. The van der Waals surface area contributed by atoms with E-state index in [1.54, 1.807) is 13.8 Å². The van der Waals surface area contributed by atoms with Crippen molar-refractivity contribution in [1.82, 2.24) is 5.32 Å². The number of fused-ring (bicyclic) bond motifs is 3. The van der Waals surface area contributed by atoms with E-state index in [1.165, 1.54) is 22.3 Å². The Kier molecular flexibility index (Phi) is 3.83. The van der Waals surface area contributed by atoms with Crippen molar-refractivity contribution < 1.29 is 9.53 Å². The highest BCUT2D eigenvalue weighted by Crippen LogP contribution is 2.44. The van der Waals surface area contributed by atoms with Gasteiger partial charge in [0.15, 0.2) is 0 Å². The molecule has 1 aliphatic carbocycles. The number of nitrogens with one attached hydrogen (secondary N) is 1. The number of hydrogen-bond acceptors (Lipinski definition) is 2. The molecule has 2 aromatic rings. The summed E-state index contributed by atoms with van der Waals surface area (Å²) in [5.41, 5.74) is 4.08. The first-order valence-corrected chi connectivity index (χ1v) is 7.63. The highest BCUT2D eigenvalue weighted by atomic mass is 16.5. The predicted octanol–water partition coefficient (Wildman–Crippen LogP) is 3.94. The van der Waals surface area contributed by atoms with E-state index in [2.05, 4.69) is 35.5 Å². The second kappa shape index (κ2) is 5.81. The number of alkyl carbamates (subject to hydrolysis) is 1. The molecule has 2 aromatic carbocycles. The molecule has 0 saturated carbocycles. The van der Waals surface area contributed by atoms with Crippen LogP contribution >= 0.6 is 0 Å². The first kappa shape index (κ1) is 15.2. The molecule has 0 unspecified atom stereocenters. The van der Waals surface area contributed by atoms with Crippen molar-refractivity contribution in [2.75, 3.05) is 6.61 Å². The van der Waals surface area contributed by atoms with Gasteiger partial charge in [-0.3, -0.25) is 0 Å². The predicted molar refractivity (Wildman–Crippen MR) is 91.1 cm³/mol. The molecule has 0 spiro atoms. The zero-order valence-electron chi connectivity index (χ0n) is 13.3. The Morgan fingerprint density at radius 2 is 1.65 bits per heavy atom. The van der Waals surface area contributed by atoms with Gasteiger partial charge in [0.25, 0.3) is 0 Å². The third kappa shape index (κ3) is 2.93. The van der Waals surface area contributed by atoms with Crippen molar-refractivity contribution >= 4 is 6.09 Å². The van der Waals surface area contributed by atoms with Crippen LogP contribution in [-0.4, -0.2) is 18.2 Å². The van der Waals surface area contributed by atoms with Crippen LogP contribution in [0.2, 0.25) is 0 Å². The van der Waals surface area contributed by atoms with Crippen LogP contribution in [0.4, 0.5) is 4.79 Å². The fourth-order valence-corrected chi connectivity index (χ4v) is 2.93. The summed E-state index contributed by atoms with van der Waals surface area (Å²) in [5, 5.41) is 2.68. The number of rotatable bonds is 3. The molecule has 0 aliphatic heterocycles. The van der Waals surface area contributed by atoms with Crippen LogP contribution in [0.5, 0.6) is 0 Å². The molecule has 0 saturated heterocycles. The van der Waals surface area contributed by atoms with Gasteiger partial charge in [-0.15, -0.1) is 6.42 Å². The minimum absolute atomic E-state index is 0.0575. The van der Waals surface area contributed by atoms with E-state index < -0.39 is 11.6 Å². The van der Waals surface area contributed by atoms with Crippen LogP contribution in [0.15, 0.2) is 48.5 Å². The summed E-state index contributed by atoms with van der Waals surface area (Å²) in [6.45, 7) is 3.81. The van der Waals surface area contributed by atoms with Crippen LogP contribution in [0.1, 0.15) is 30.9 Å². The van der Waals surface area contributed by atoms with Gasteiger partial charge in [-0.05, 0) is 36.1 Å². The van der Waals surface area contributed by atoms with Crippen molar-refractivity contribution in [3.63, 3.8) is 0 Å². The van der Waals surface area contributed by atoms with Gasteiger partial charge in [-0.2, -0.15) is 0 Å². The van der Waals surface area contributed by atoms with E-state index in [1.807, 2.05) is 24.3 Å². The minimum atomic E-state index is -0.720. The molecular weight excluding hydrogens is 286 g/mol. The van der Waals surface area contributed by atoms with E-state index in [-0.39, 0.29) is 5.92 Å². The Morgan fingerprint density at radius 3 is 2.17 bits per heavy atom. The summed E-state index contributed by atoms with van der Waals surface area (Å²) in [7, 11) is 0. The molecule has 23 heavy (non-hydrogen) atoms. The largest absolute Gasteiger partial charge is 0.449 e. The molecule has 1 N–H and O–H groups in total. The summed E-state index contributed by atoms with van der Waals surface area (Å²) in [4.78, 5) is 12.0. The molecule has 0 radical (unpaired) electrons. The van der Waals surface area contributed by atoms with Gasteiger partial charge in [0.2, 0.25) is 0 Å². The molecular formula is C20H19NO2. The summed E-state index contributed by atoms with van der Waals surface area (Å²) in [5.74, 6) is 2.58. The van der Waals surface area contributed by atoms with E-state index in [0.717, 1.165) is 0 Å². The number of amides is 1. The topological polar surface area (TPSA) is 38.3 Å². The average molecular weight is 305 g/mol. The lowest BCUT2D eigenvalue weighted by atomic mass is 9.98. The lowest BCUT2D eigenvalue weighted by molar-refractivity contribution is 0.137. The van der Waals surface area contributed by atoms with Gasteiger partial charge in [0.1, 0.15) is 6.61 Å². The third-order valence-electron chi connectivity index (χ3n) is 4.12. The maximum atomic E-state index is 12.0. The normalized spacial score (nSPS) is 12.9. The molecule has 1 amide bonds. The van der Waals surface area contributed by atoms with Gasteiger partial charge < -0.3 is 10.1 Å². The first-order chi connectivity index (χ1) is 11.0. The smallest absolute Gasteiger partial charge is 0.408 e. The fraction of sp³-hybridized carbons (Fsp3) is 0.250. The summed E-state index contributed by atoms with van der Waals surface area (Å²) in [6.07, 6.45) is 4.89. The highest BCUT2D eigenvalue weighted by molar-refractivity contribution is 5.79. The molecule has 3 heteroatoms. The van der Waals surface area contributed by atoms with Crippen LogP contribution < -0.4 is 5.32 Å². The van der Waals surface area contributed by atoms with Crippen molar-refractivity contribution in [2.24, 2.45) is 0 Å². The van der Waals surface area contributed by atoms with Crippen molar-refractivity contribution in [2.45, 2.75) is 25.3 Å². The zero-order valence-corrected chi connectivity index (χ0v) is 13.3. The lowest BCUT2D eigenvalue weighted by Gasteiger charge is -2.20. The molecule has 116 valence electrons. The van der Waals surface area contributed by atoms with Crippen molar-refractivity contribution in [3.8, 4) is 23.5 Å². The summed E-state index contributed by atoms with van der Waals surface area (Å²) < 4.78 is 5.43. The van der Waals surface area contributed by atoms with Crippen LogP contribution in [0.3, 0.4) is 0 Å². The second-order valence-corrected chi connectivity index (χ2v) is 6.22. The number of benzene rings is 2. The van der Waals surface area contributed by atoms with Gasteiger partial charge in [0.05, 0.1) is 5.54 Å². The van der Waals surface area contributed by atoms with Gasteiger partial charge in [-0.25, -0.2) is 4.79 Å². The quantitative estimate of drug-likeness (QED) is 0.872. The molecule has 0 bridgehead atoms. The standard InChI is InChI=1S/C20H19NO2/c1-4-20(2,3)21-19(22)23-13-18-16-11-7-5-9-14(16)15-10-6-8-12-17(15)18/h1,5-12,18H,13H2,2-3H3,(H,21,22). The van der Waals surface area contributed by atoms with Crippen molar-refractivity contribution in [3.05, 3.63) is 59.7 Å². The number of terminal acetylenes is 1. The maximum Gasteiger partial charge on any atom is 0.408 e. The van der Waals surface area contributed by atoms with Gasteiger partial charge in [0, 0.05) is 5.92 Å². The van der Waals surface area contributed by atoms with E-state index in [0.29, 0.717) is 6.61 Å². The Labute approximate surface area is 136 Å². The van der Waals surface area contributed by atoms with Crippen LogP contribution in [-0.2, 0) is 4.74 Å². The first-order valence-electron chi connectivity index (χ1n) is 7.63. The summed E-state index contributed by atoms with van der Waals surface area (Å²) >= 11 is 0. The Morgan fingerprint density at radius 1 is 1.13 bits per heavy atom. The number of carbonyl (C=O) groups excluding carboxylic acids is 1. The maximum absolute atomic E-state index is 12.0. The Hall–Kier alpha value is -2.73. The molecule has 1 aliphatic rings. The fourth-order valence-electron chi connectivity index (χ4n) is 2.93. The molecule has 3 rings (SSSR count). The summed E-state index contributed by atoms with van der Waals surface area (Å²) in [6, 6.07) is 16.5. The van der Waals surface area contributed by atoms with E-state index >= 15 is 0 Å². The van der Waals surface area contributed by atoms with Gasteiger partial charge in [-0.1, -0.05) is 54.5 Å². The lowest BCUT2D eigenvalue weighted by Crippen LogP contribution is -2.42. The van der Waals surface area contributed by atoms with Gasteiger partial charge >= 0.3 is 6.09 Å². The van der Waals surface area contributed by atoms with Crippen molar-refractivity contribution in [1.29, 1.82) is 0 Å². The zero-order chi connectivity index (χ0) is 16.4. The van der Waals surface area contributed by atoms with Crippen LogP contribution in [0, 0.1) is 12.3 Å². The number of carbonyl (C=O) groups is 1. The minimum Gasteiger partial charge on any atom is -0.449 e. The SMILES string of the molecule is C#CC(C)(C)NC(=O)OCC1c2ccccc2-c2ccccc21. The molecule has 3 nitrogen and oxygen atoms in total. The molecule has 0 atom stereocenters. The molecule has 0 aromatic heterocycles. The third-order valence-corrected chi connectivity index (χ3v) is 4.12. The number of ether oxygens (including phenoxy) is 1. The van der Waals surface area contributed by atoms with E-state index in [4.69, 9.17) is 11.2 Å².